The molecule has 0 saturated carbocycles. The average Bonchev–Trinajstić information content (AvgIpc) is 3.30. The van der Waals surface area contributed by atoms with Crippen molar-refractivity contribution in [2.45, 2.75) is 57.9 Å². The van der Waals surface area contributed by atoms with E-state index in [4.69, 9.17) is 4.52 Å². The summed E-state index contributed by atoms with van der Waals surface area (Å²) in [5.74, 6) is 3.37. The van der Waals surface area contributed by atoms with Crippen LogP contribution in [0.2, 0.25) is 0 Å². The van der Waals surface area contributed by atoms with Gasteiger partial charge in [0.15, 0.2) is 5.82 Å². The topological polar surface area (TPSA) is 62.5 Å². The van der Waals surface area contributed by atoms with Crippen LogP contribution >= 0.6 is 11.8 Å². The maximum Gasteiger partial charge on any atom is 0.249 e. The van der Waals surface area contributed by atoms with Crippen LogP contribution in [0.1, 0.15) is 69.6 Å². The molecule has 2 aliphatic heterocycles. The molecule has 1 aromatic heterocycles. The van der Waals surface area contributed by atoms with Gasteiger partial charge in [-0.05, 0) is 45.2 Å². The molecule has 0 spiro atoms. The van der Waals surface area contributed by atoms with Crippen LogP contribution < -0.4 is 0 Å². The minimum Gasteiger partial charge on any atom is -0.337 e. The third kappa shape index (κ3) is 4.97. The Labute approximate surface area is 154 Å². The first kappa shape index (κ1) is 18.7. The van der Waals surface area contributed by atoms with Crippen LogP contribution in [0.25, 0.3) is 0 Å². The molecule has 3 rings (SSSR count). The highest BCUT2D eigenvalue weighted by atomic mass is 32.2. The summed E-state index contributed by atoms with van der Waals surface area (Å²) in [5, 5.41) is 4.07. The minimum absolute atomic E-state index is 0.0413. The first-order valence-electron chi connectivity index (χ1n) is 9.58. The lowest BCUT2D eigenvalue weighted by molar-refractivity contribution is -0.132. The van der Waals surface area contributed by atoms with E-state index in [0.29, 0.717) is 11.6 Å². The van der Waals surface area contributed by atoms with Gasteiger partial charge in [-0.1, -0.05) is 19.0 Å². The Morgan fingerprint density at radius 2 is 2.00 bits per heavy atom. The van der Waals surface area contributed by atoms with Gasteiger partial charge in [-0.3, -0.25) is 4.79 Å². The minimum atomic E-state index is -0.0413. The van der Waals surface area contributed by atoms with Crippen molar-refractivity contribution in [1.82, 2.24) is 19.9 Å². The van der Waals surface area contributed by atoms with E-state index in [-0.39, 0.29) is 17.9 Å². The average molecular weight is 367 g/mol. The van der Waals surface area contributed by atoms with Crippen LogP contribution in [0, 0.1) is 0 Å². The first-order valence-corrected chi connectivity index (χ1v) is 10.7. The van der Waals surface area contributed by atoms with Gasteiger partial charge >= 0.3 is 0 Å². The van der Waals surface area contributed by atoms with E-state index in [1.165, 1.54) is 25.9 Å². The molecule has 1 atom stereocenters. The largest absolute Gasteiger partial charge is 0.337 e. The second-order valence-corrected chi connectivity index (χ2v) is 8.45. The molecular formula is C18H30N4O2S. The highest BCUT2D eigenvalue weighted by Crippen LogP contribution is 2.31. The second kappa shape index (κ2) is 9.03. The van der Waals surface area contributed by atoms with Crippen molar-refractivity contribution < 1.29 is 9.32 Å². The van der Waals surface area contributed by atoms with Gasteiger partial charge in [-0.15, -0.1) is 0 Å². The molecule has 140 valence electrons. The zero-order chi connectivity index (χ0) is 17.6. The molecule has 3 heterocycles. The van der Waals surface area contributed by atoms with Crippen molar-refractivity contribution in [1.29, 1.82) is 0 Å². The summed E-state index contributed by atoms with van der Waals surface area (Å²) in [6, 6.07) is -0.0413. The van der Waals surface area contributed by atoms with Crippen LogP contribution in [-0.2, 0) is 4.79 Å². The summed E-state index contributed by atoms with van der Waals surface area (Å²) in [6.07, 6.45) is 5.73. The highest BCUT2D eigenvalue weighted by Gasteiger charge is 2.32. The number of nitrogens with zero attached hydrogens (tertiary/aromatic N) is 4. The van der Waals surface area contributed by atoms with E-state index in [9.17, 15) is 4.79 Å². The SMILES string of the molecule is CC(C)c1noc([C@@H]2CCCCN2C(=O)CSCCN2CCCC2)n1. The molecule has 2 saturated heterocycles. The van der Waals surface area contributed by atoms with Gasteiger partial charge in [0.1, 0.15) is 6.04 Å². The van der Waals surface area contributed by atoms with Crippen molar-refractivity contribution in [2.24, 2.45) is 0 Å². The summed E-state index contributed by atoms with van der Waals surface area (Å²) in [4.78, 5) is 21.7. The standard InChI is InChI=1S/C18H30N4O2S/c1-14(2)17-19-18(24-20-17)15-7-3-4-10-22(15)16(23)13-25-12-11-21-8-5-6-9-21/h14-15H,3-13H2,1-2H3/t15-/m0/s1. The second-order valence-electron chi connectivity index (χ2n) is 7.35. The molecule has 0 aromatic carbocycles. The first-order chi connectivity index (χ1) is 12.1. The predicted molar refractivity (Wildman–Crippen MR) is 99.7 cm³/mol. The number of aromatic nitrogens is 2. The Bertz CT molecular complexity index is 557. The molecular weight excluding hydrogens is 336 g/mol. The number of hydrogen-bond acceptors (Lipinski definition) is 6. The van der Waals surface area contributed by atoms with E-state index < -0.39 is 0 Å². The van der Waals surface area contributed by atoms with E-state index in [1.54, 1.807) is 11.8 Å². The fourth-order valence-corrected chi connectivity index (χ4v) is 4.42. The van der Waals surface area contributed by atoms with Crippen molar-refractivity contribution in [3.05, 3.63) is 11.7 Å². The lowest BCUT2D eigenvalue weighted by Gasteiger charge is -2.33. The Morgan fingerprint density at radius 1 is 1.24 bits per heavy atom. The molecule has 0 unspecified atom stereocenters. The third-order valence-electron chi connectivity index (χ3n) is 5.06. The van der Waals surface area contributed by atoms with E-state index in [1.807, 2.05) is 4.90 Å². The van der Waals surface area contributed by atoms with Crippen LogP contribution in [0.4, 0.5) is 0 Å². The fourth-order valence-electron chi connectivity index (χ4n) is 3.55. The van der Waals surface area contributed by atoms with Crippen molar-refractivity contribution >= 4 is 17.7 Å². The monoisotopic (exact) mass is 366 g/mol. The molecule has 6 nitrogen and oxygen atoms in total. The van der Waals surface area contributed by atoms with Crippen LogP contribution in [-0.4, -0.2) is 63.5 Å². The van der Waals surface area contributed by atoms with Crippen molar-refractivity contribution in [2.75, 3.05) is 37.7 Å². The molecule has 1 aromatic rings. The van der Waals surface area contributed by atoms with E-state index in [0.717, 1.165) is 43.9 Å². The van der Waals surface area contributed by atoms with Gasteiger partial charge in [0.2, 0.25) is 11.8 Å². The molecule has 1 amide bonds. The Balaban J connectivity index is 1.51. The molecule has 2 aliphatic rings. The predicted octanol–water partition coefficient (Wildman–Crippen LogP) is 3.08. The number of rotatable bonds is 7. The third-order valence-corrected chi connectivity index (χ3v) is 5.98. The fraction of sp³-hybridized carbons (Fsp3) is 0.833. The summed E-state index contributed by atoms with van der Waals surface area (Å²) >= 11 is 1.75. The molecule has 0 bridgehead atoms. The quantitative estimate of drug-likeness (QED) is 0.691. The van der Waals surface area contributed by atoms with Gasteiger partial charge in [-0.25, -0.2) is 0 Å². The normalized spacial score (nSPS) is 22.0. The number of carbonyl (C=O) groups excluding carboxylic acids is 1. The van der Waals surface area contributed by atoms with E-state index in [2.05, 4.69) is 28.9 Å². The molecule has 25 heavy (non-hydrogen) atoms. The molecule has 7 heteroatoms. The zero-order valence-corrected chi connectivity index (χ0v) is 16.3. The number of likely N-dealkylation sites (tertiary alicyclic amines) is 2. The summed E-state index contributed by atoms with van der Waals surface area (Å²) < 4.78 is 5.47. The molecule has 0 radical (unpaired) electrons. The lowest BCUT2D eigenvalue weighted by Crippen LogP contribution is -2.39. The molecule has 2 fully saturated rings. The Morgan fingerprint density at radius 3 is 2.72 bits per heavy atom. The van der Waals surface area contributed by atoms with Crippen LogP contribution in [0.15, 0.2) is 4.52 Å². The lowest BCUT2D eigenvalue weighted by atomic mass is 10.0. The number of carbonyl (C=O) groups is 1. The van der Waals surface area contributed by atoms with Crippen LogP contribution in [0.5, 0.6) is 0 Å². The van der Waals surface area contributed by atoms with E-state index >= 15 is 0 Å². The maximum absolute atomic E-state index is 12.7. The van der Waals surface area contributed by atoms with Gasteiger partial charge < -0.3 is 14.3 Å². The Kier molecular flexibility index (Phi) is 6.76. The van der Waals surface area contributed by atoms with Gasteiger partial charge in [0.25, 0.3) is 0 Å². The number of amides is 1. The number of piperidine rings is 1. The maximum atomic E-state index is 12.7. The van der Waals surface area contributed by atoms with Gasteiger partial charge in [0.05, 0.1) is 5.75 Å². The number of hydrogen-bond donors (Lipinski definition) is 0. The summed E-state index contributed by atoms with van der Waals surface area (Å²) in [5.41, 5.74) is 0. The smallest absolute Gasteiger partial charge is 0.249 e. The van der Waals surface area contributed by atoms with Crippen molar-refractivity contribution in [3.8, 4) is 0 Å². The highest BCUT2D eigenvalue weighted by molar-refractivity contribution is 7.99. The summed E-state index contributed by atoms with van der Waals surface area (Å²) in [6.45, 7) is 8.44. The number of thioether (sulfide) groups is 1. The van der Waals surface area contributed by atoms with Crippen LogP contribution in [0.3, 0.4) is 0 Å². The molecule has 0 aliphatic carbocycles. The Hall–Kier alpha value is -1.08. The van der Waals surface area contributed by atoms with Crippen molar-refractivity contribution in [3.63, 3.8) is 0 Å². The zero-order valence-electron chi connectivity index (χ0n) is 15.4. The van der Waals surface area contributed by atoms with Gasteiger partial charge in [-0.2, -0.15) is 16.7 Å². The van der Waals surface area contributed by atoms with Gasteiger partial charge in [0, 0.05) is 24.8 Å². The summed E-state index contributed by atoms with van der Waals surface area (Å²) in [7, 11) is 0. The molecule has 0 N–H and O–H groups in total.